The van der Waals surface area contributed by atoms with Crippen LogP contribution in [0.4, 0.5) is 0 Å². The molecule has 0 aromatic heterocycles. The normalized spacial score (nSPS) is 16.0. The van der Waals surface area contributed by atoms with Gasteiger partial charge in [0.25, 0.3) is 0 Å². The fourth-order valence-electron chi connectivity index (χ4n) is 2.16. The third-order valence-electron chi connectivity index (χ3n) is 3.45. The Kier molecular flexibility index (Phi) is 4.10. The van der Waals surface area contributed by atoms with Gasteiger partial charge in [-0.1, -0.05) is 0 Å². The van der Waals surface area contributed by atoms with Gasteiger partial charge in [0.15, 0.2) is 17.3 Å². The molecule has 1 N–H and O–H groups in total. The van der Waals surface area contributed by atoms with E-state index in [2.05, 4.69) is 5.32 Å². The zero-order valence-corrected chi connectivity index (χ0v) is 11.9. The molecule has 0 spiro atoms. The smallest absolute Gasteiger partial charge is 0.179 e. The highest BCUT2D eigenvalue weighted by molar-refractivity contribution is 6.01. The Labute approximate surface area is 114 Å². The lowest BCUT2D eigenvalue weighted by Gasteiger charge is -2.16. The van der Waals surface area contributed by atoms with Crippen LogP contribution in [0.3, 0.4) is 0 Å². The van der Waals surface area contributed by atoms with E-state index in [4.69, 9.17) is 9.47 Å². The highest BCUT2D eigenvalue weighted by Crippen LogP contribution is 2.31. The summed E-state index contributed by atoms with van der Waals surface area (Å²) in [7, 11) is 3.17. The van der Waals surface area contributed by atoms with E-state index in [1.54, 1.807) is 20.3 Å². The second-order valence-corrected chi connectivity index (χ2v) is 5.05. The van der Waals surface area contributed by atoms with Crippen molar-refractivity contribution in [2.45, 2.75) is 38.8 Å². The van der Waals surface area contributed by atoms with Crippen LogP contribution in [0.1, 0.15) is 35.7 Å². The van der Waals surface area contributed by atoms with Crippen LogP contribution in [-0.2, 0) is 0 Å². The van der Waals surface area contributed by atoms with Crippen molar-refractivity contribution in [3.63, 3.8) is 0 Å². The molecule has 1 aromatic rings. The predicted molar refractivity (Wildman–Crippen MR) is 74.2 cm³/mol. The Balaban J connectivity index is 2.24. The van der Waals surface area contributed by atoms with E-state index < -0.39 is 0 Å². The Morgan fingerprint density at radius 3 is 2.37 bits per heavy atom. The molecule has 1 aromatic carbocycles. The third-order valence-corrected chi connectivity index (χ3v) is 3.45. The summed E-state index contributed by atoms with van der Waals surface area (Å²) >= 11 is 0. The maximum atomic E-state index is 12.4. The van der Waals surface area contributed by atoms with E-state index in [-0.39, 0.29) is 11.8 Å². The first-order valence-electron chi connectivity index (χ1n) is 6.59. The molecule has 19 heavy (non-hydrogen) atoms. The molecule has 0 heterocycles. The van der Waals surface area contributed by atoms with Crippen molar-refractivity contribution in [3.05, 3.63) is 23.3 Å². The van der Waals surface area contributed by atoms with Gasteiger partial charge in [-0.05, 0) is 44.4 Å². The molecular formula is C15H21NO3. The van der Waals surface area contributed by atoms with Crippen molar-refractivity contribution < 1.29 is 14.3 Å². The van der Waals surface area contributed by atoms with Crippen LogP contribution in [0.15, 0.2) is 12.1 Å². The lowest BCUT2D eigenvalue weighted by molar-refractivity contribution is 0.0949. The topological polar surface area (TPSA) is 47.6 Å². The average Bonchev–Trinajstić information content (AvgIpc) is 3.21. The second kappa shape index (κ2) is 5.61. The Morgan fingerprint density at radius 2 is 1.84 bits per heavy atom. The van der Waals surface area contributed by atoms with E-state index in [0.717, 1.165) is 5.56 Å². The summed E-state index contributed by atoms with van der Waals surface area (Å²) in [6, 6.07) is 3.96. The summed E-state index contributed by atoms with van der Waals surface area (Å²) in [4.78, 5) is 12.4. The van der Waals surface area contributed by atoms with Crippen LogP contribution in [0.5, 0.6) is 11.5 Å². The molecule has 4 heteroatoms. The zero-order valence-electron chi connectivity index (χ0n) is 11.9. The number of methoxy groups -OCH3 is 2. The molecule has 1 fully saturated rings. The van der Waals surface area contributed by atoms with Gasteiger partial charge >= 0.3 is 0 Å². The Bertz CT molecular complexity index is 481. The van der Waals surface area contributed by atoms with Gasteiger partial charge in [-0.15, -0.1) is 0 Å². The van der Waals surface area contributed by atoms with Crippen molar-refractivity contribution >= 4 is 5.78 Å². The number of carbonyl (C=O) groups excluding carboxylic acids is 1. The summed E-state index contributed by atoms with van der Waals surface area (Å²) in [5, 5.41) is 3.32. The van der Waals surface area contributed by atoms with Crippen molar-refractivity contribution in [2.24, 2.45) is 0 Å². The lowest BCUT2D eigenvalue weighted by Crippen LogP contribution is -2.35. The van der Waals surface area contributed by atoms with Crippen molar-refractivity contribution in [1.29, 1.82) is 0 Å². The first kappa shape index (κ1) is 13.9. The first-order valence-corrected chi connectivity index (χ1v) is 6.59. The van der Waals surface area contributed by atoms with Gasteiger partial charge in [0.1, 0.15) is 0 Å². The third kappa shape index (κ3) is 3.07. The number of ketones is 1. The van der Waals surface area contributed by atoms with Crippen LogP contribution in [0.25, 0.3) is 0 Å². The van der Waals surface area contributed by atoms with E-state index in [9.17, 15) is 4.79 Å². The molecule has 104 valence electrons. The van der Waals surface area contributed by atoms with Gasteiger partial charge in [0.2, 0.25) is 0 Å². The van der Waals surface area contributed by atoms with Gasteiger partial charge in [0, 0.05) is 11.6 Å². The lowest BCUT2D eigenvalue weighted by atomic mass is 9.99. The number of benzene rings is 1. The Morgan fingerprint density at radius 1 is 1.26 bits per heavy atom. The molecule has 1 saturated carbocycles. The van der Waals surface area contributed by atoms with E-state index in [0.29, 0.717) is 23.1 Å². The van der Waals surface area contributed by atoms with Crippen LogP contribution in [-0.4, -0.2) is 32.1 Å². The Hall–Kier alpha value is -1.55. The molecule has 0 saturated heterocycles. The van der Waals surface area contributed by atoms with Gasteiger partial charge in [-0.3, -0.25) is 4.79 Å². The van der Waals surface area contributed by atoms with Crippen molar-refractivity contribution in [1.82, 2.24) is 5.32 Å². The molecule has 1 aliphatic carbocycles. The summed E-state index contributed by atoms with van der Waals surface area (Å²) in [6.45, 7) is 3.83. The number of hydrogen-bond donors (Lipinski definition) is 1. The largest absolute Gasteiger partial charge is 0.493 e. The minimum absolute atomic E-state index is 0.102. The predicted octanol–water partition coefficient (Wildman–Crippen LogP) is 2.34. The number of hydrogen-bond acceptors (Lipinski definition) is 4. The van der Waals surface area contributed by atoms with Gasteiger partial charge < -0.3 is 14.8 Å². The molecule has 1 atom stereocenters. The van der Waals surface area contributed by atoms with Crippen LogP contribution in [0.2, 0.25) is 0 Å². The van der Waals surface area contributed by atoms with E-state index in [1.165, 1.54) is 12.8 Å². The molecule has 0 aliphatic heterocycles. The highest BCUT2D eigenvalue weighted by Gasteiger charge is 2.27. The number of ether oxygens (including phenoxy) is 2. The van der Waals surface area contributed by atoms with Crippen LogP contribution in [0, 0.1) is 6.92 Å². The number of carbonyl (C=O) groups is 1. The maximum absolute atomic E-state index is 12.4. The maximum Gasteiger partial charge on any atom is 0.179 e. The number of nitrogens with one attached hydrogen (secondary N) is 1. The zero-order chi connectivity index (χ0) is 14.0. The standard InChI is InChI=1S/C15H21NO3/c1-9-7-13(18-3)14(19-4)8-12(9)15(17)10(2)16-11-5-6-11/h7-8,10-11,16H,5-6H2,1-4H3. The van der Waals surface area contributed by atoms with Gasteiger partial charge in [-0.25, -0.2) is 0 Å². The average molecular weight is 263 g/mol. The minimum atomic E-state index is -0.163. The van der Waals surface area contributed by atoms with E-state index >= 15 is 0 Å². The SMILES string of the molecule is COc1cc(C)c(C(=O)C(C)NC2CC2)cc1OC. The molecule has 0 bridgehead atoms. The molecule has 0 amide bonds. The van der Waals surface area contributed by atoms with Gasteiger partial charge in [0.05, 0.1) is 20.3 Å². The number of Topliss-reactive ketones (excluding diaryl/α,β-unsaturated/α-hetero) is 1. The van der Waals surface area contributed by atoms with Crippen LogP contribution < -0.4 is 14.8 Å². The molecular weight excluding hydrogens is 242 g/mol. The fourth-order valence-corrected chi connectivity index (χ4v) is 2.16. The molecule has 1 aliphatic rings. The molecule has 4 nitrogen and oxygen atoms in total. The monoisotopic (exact) mass is 263 g/mol. The quantitative estimate of drug-likeness (QED) is 0.800. The van der Waals surface area contributed by atoms with Gasteiger partial charge in [-0.2, -0.15) is 0 Å². The highest BCUT2D eigenvalue weighted by atomic mass is 16.5. The second-order valence-electron chi connectivity index (χ2n) is 5.05. The summed E-state index contributed by atoms with van der Waals surface area (Å²) in [5.41, 5.74) is 1.60. The molecule has 2 rings (SSSR count). The minimum Gasteiger partial charge on any atom is -0.493 e. The molecule has 0 radical (unpaired) electrons. The molecule has 1 unspecified atom stereocenters. The van der Waals surface area contributed by atoms with Crippen molar-refractivity contribution in [3.8, 4) is 11.5 Å². The van der Waals surface area contributed by atoms with Crippen LogP contribution >= 0.6 is 0 Å². The first-order chi connectivity index (χ1) is 9.06. The fraction of sp³-hybridized carbons (Fsp3) is 0.533. The number of aryl methyl sites for hydroxylation is 1. The van der Waals surface area contributed by atoms with E-state index in [1.807, 2.05) is 19.9 Å². The summed E-state index contributed by atoms with van der Waals surface area (Å²) < 4.78 is 10.5. The van der Waals surface area contributed by atoms with Crippen molar-refractivity contribution in [2.75, 3.05) is 14.2 Å². The number of rotatable bonds is 6. The summed E-state index contributed by atoms with van der Waals surface area (Å²) in [5.74, 6) is 1.35. The summed E-state index contributed by atoms with van der Waals surface area (Å²) in [6.07, 6.45) is 2.34.